The molecule has 0 aliphatic heterocycles. The first-order valence-electron chi connectivity index (χ1n) is 9.01. The monoisotopic (exact) mass is 386 g/mol. The van der Waals surface area contributed by atoms with Gasteiger partial charge in [-0.1, -0.05) is 11.2 Å². The Morgan fingerprint density at radius 3 is 2.62 bits per heavy atom. The molecule has 0 fully saturated rings. The fourth-order valence-corrected chi connectivity index (χ4v) is 2.91. The summed E-state index contributed by atoms with van der Waals surface area (Å²) in [5, 5.41) is 6.62. The molecule has 0 aliphatic carbocycles. The summed E-state index contributed by atoms with van der Waals surface area (Å²) in [6, 6.07) is 9.15. The van der Waals surface area contributed by atoms with Crippen LogP contribution in [0.3, 0.4) is 0 Å². The van der Waals surface area contributed by atoms with Gasteiger partial charge >= 0.3 is 0 Å². The first kappa shape index (κ1) is 18.4. The fourth-order valence-electron chi connectivity index (χ4n) is 2.91. The number of rotatable bonds is 5. The molecule has 144 valence electrons. The van der Waals surface area contributed by atoms with E-state index < -0.39 is 0 Å². The number of carbonyl (C=O) groups excluding carboxylic acids is 1. The smallest absolute Gasteiger partial charge is 0.273 e. The summed E-state index contributed by atoms with van der Waals surface area (Å²) < 4.78 is 5.16. The Morgan fingerprint density at radius 2 is 1.86 bits per heavy atom. The Hall–Kier alpha value is -3.94. The summed E-state index contributed by atoms with van der Waals surface area (Å²) in [6.45, 7) is 4.27. The Labute approximate surface area is 167 Å². The van der Waals surface area contributed by atoms with Crippen molar-refractivity contribution in [2.24, 2.45) is 0 Å². The molecule has 4 aromatic rings. The first-order chi connectivity index (χ1) is 14.1. The van der Waals surface area contributed by atoms with Crippen LogP contribution in [0.15, 0.2) is 59.6 Å². The number of pyridine rings is 2. The maximum Gasteiger partial charge on any atom is 0.273 e. The van der Waals surface area contributed by atoms with Crippen molar-refractivity contribution in [2.75, 3.05) is 0 Å². The molecule has 0 aliphatic rings. The van der Waals surface area contributed by atoms with Gasteiger partial charge in [0.1, 0.15) is 0 Å². The van der Waals surface area contributed by atoms with E-state index in [1.54, 1.807) is 30.9 Å². The number of nitrogens with one attached hydrogen (secondary N) is 1. The van der Waals surface area contributed by atoms with Crippen LogP contribution in [0.1, 0.15) is 27.3 Å². The highest BCUT2D eigenvalue weighted by atomic mass is 16.5. The molecule has 0 saturated carbocycles. The molecule has 0 unspecified atom stereocenters. The lowest BCUT2D eigenvalue weighted by Crippen LogP contribution is -2.23. The van der Waals surface area contributed by atoms with Gasteiger partial charge in [0.25, 0.3) is 5.91 Å². The van der Waals surface area contributed by atoms with Gasteiger partial charge in [-0.25, -0.2) is 9.97 Å². The van der Waals surface area contributed by atoms with Gasteiger partial charge in [-0.3, -0.25) is 14.8 Å². The van der Waals surface area contributed by atoms with Crippen molar-refractivity contribution in [3.05, 3.63) is 77.6 Å². The van der Waals surface area contributed by atoms with Crippen molar-refractivity contribution in [2.45, 2.75) is 20.4 Å². The first-order valence-corrected chi connectivity index (χ1v) is 9.01. The quantitative estimate of drug-likeness (QED) is 0.561. The fraction of sp³-hybridized carbons (Fsp3) is 0.143. The predicted octanol–water partition coefficient (Wildman–Crippen LogP) is 3.14. The summed E-state index contributed by atoms with van der Waals surface area (Å²) in [4.78, 5) is 29.3. The van der Waals surface area contributed by atoms with Crippen LogP contribution in [-0.2, 0) is 6.54 Å². The van der Waals surface area contributed by atoms with Crippen LogP contribution in [0.4, 0.5) is 0 Å². The maximum atomic E-state index is 12.4. The highest BCUT2D eigenvalue weighted by Crippen LogP contribution is 2.22. The van der Waals surface area contributed by atoms with E-state index in [0.717, 1.165) is 28.1 Å². The Bertz CT molecular complexity index is 1160. The molecule has 1 amide bonds. The van der Waals surface area contributed by atoms with Gasteiger partial charge in [0.15, 0.2) is 11.5 Å². The largest absolute Gasteiger partial charge is 0.352 e. The van der Waals surface area contributed by atoms with Crippen LogP contribution in [0.5, 0.6) is 0 Å². The lowest BCUT2D eigenvalue weighted by atomic mass is 10.1. The summed E-state index contributed by atoms with van der Waals surface area (Å²) >= 11 is 0. The molecule has 0 bridgehead atoms. The van der Waals surface area contributed by atoms with Gasteiger partial charge in [-0.15, -0.1) is 0 Å². The van der Waals surface area contributed by atoms with Crippen LogP contribution in [0.2, 0.25) is 0 Å². The molecule has 0 spiro atoms. The molecule has 0 saturated heterocycles. The zero-order valence-corrected chi connectivity index (χ0v) is 16.0. The molecule has 0 radical (unpaired) electrons. The van der Waals surface area contributed by atoms with Crippen molar-refractivity contribution >= 4 is 5.91 Å². The van der Waals surface area contributed by atoms with E-state index in [9.17, 15) is 4.79 Å². The highest BCUT2D eigenvalue weighted by molar-refractivity contribution is 5.92. The molecule has 8 nitrogen and oxygen atoms in total. The number of hydrogen-bond donors (Lipinski definition) is 1. The van der Waals surface area contributed by atoms with Crippen molar-refractivity contribution < 1.29 is 9.32 Å². The SMILES string of the molecule is Cc1cc(-c2ncc(CNC(=O)c3cc(-c4ncccn4)on3)cc2C)ccn1. The second-order valence-corrected chi connectivity index (χ2v) is 6.53. The molecular formula is C21H18N6O2. The Kier molecular flexibility index (Phi) is 5.07. The third kappa shape index (κ3) is 4.16. The molecule has 0 aromatic carbocycles. The molecule has 1 N–H and O–H groups in total. The van der Waals surface area contributed by atoms with Gasteiger partial charge in [0.05, 0.1) is 5.69 Å². The molecule has 8 heteroatoms. The summed E-state index contributed by atoms with van der Waals surface area (Å²) in [7, 11) is 0. The molecule has 4 heterocycles. The Balaban J connectivity index is 1.43. The van der Waals surface area contributed by atoms with E-state index in [4.69, 9.17) is 4.52 Å². The minimum atomic E-state index is -0.345. The summed E-state index contributed by atoms with van der Waals surface area (Å²) in [5.74, 6) is 0.369. The zero-order chi connectivity index (χ0) is 20.2. The number of aromatic nitrogens is 5. The van der Waals surface area contributed by atoms with Gasteiger partial charge in [-0.2, -0.15) is 0 Å². The summed E-state index contributed by atoms with van der Waals surface area (Å²) in [5.41, 5.74) is 4.93. The molecule has 0 atom stereocenters. The Morgan fingerprint density at radius 1 is 1.03 bits per heavy atom. The topological polar surface area (TPSA) is 107 Å². The van der Waals surface area contributed by atoms with Crippen molar-refractivity contribution in [3.63, 3.8) is 0 Å². The average molecular weight is 386 g/mol. The van der Waals surface area contributed by atoms with E-state index in [1.807, 2.05) is 32.0 Å². The van der Waals surface area contributed by atoms with Crippen LogP contribution >= 0.6 is 0 Å². The zero-order valence-electron chi connectivity index (χ0n) is 16.0. The lowest BCUT2D eigenvalue weighted by Gasteiger charge is -2.09. The van der Waals surface area contributed by atoms with Crippen LogP contribution in [0.25, 0.3) is 22.8 Å². The normalized spacial score (nSPS) is 10.7. The third-order valence-corrected chi connectivity index (χ3v) is 4.29. The van der Waals surface area contributed by atoms with Crippen molar-refractivity contribution in [1.82, 2.24) is 30.4 Å². The molecule has 4 aromatic heterocycles. The van der Waals surface area contributed by atoms with E-state index in [1.165, 1.54) is 6.07 Å². The van der Waals surface area contributed by atoms with Gasteiger partial charge in [0, 0.05) is 48.7 Å². The minimum Gasteiger partial charge on any atom is -0.352 e. The predicted molar refractivity (Wildman–Crippen MR) is 106 cm³/mol. The van der Waals surface area contributed by atoms with E-state index in [2.05, 4.69) is 30.4 Å². The van der Waals surface area contributed by atoms with E-state index >= 15 is 0 Å². The number of amides is 1. The number of aryl methyl sites for hydroxylation is 2. The second kappa shape index (κ2) is 7.97. The van der Waals surface area contributed by atoms with Crippen LogP contribution < -0.4 is 5.32 Å². The maximum absolute atomic E-state index is 12.4. The van der Waals surface area contributed by atoms with Gasteiger partial charge in [-0.05, 0) is 43.2 Å². The standard InChI is InChI=1S/C21H18N6O2/c1-13-8-15(11-25-19(13)16-4-7-22-14(2)9-16)12-26-21(28)17-10-18(29-27-17)20-23-5-3-6-24-20/h3-11H,12H2,1-2H3,(H,26,28). The molecule has 4 rings (SSSR count). The van der Waals surface area contributed by atoms with E-state index in [-0.39, 0.29) is 11.6 Å². The van der Waals surface area contributed by atoms with Crippen molar-refractivity contribution in [3.8, 4) is 22.8 Å². The average Bonchev–Trinajstić information content (AvgIpc) is 3.23. The minimum absolute atomic E-state index is 0.168. The lowest BCUT2D eigenvalue weighted by molar-refractivity contribution is 0.0942. The number of nitrogens with zero attached hydrogens (tertiary/aromatic N) is 5. The number of hydrogen-bond acceptors (Lipinski definition) is 7. The van der Waals surface area contributed by atoms with Crippen molar-refractivity contribution in [1.29, 1.82) is 0 Å². The molecular weight excluding hydrogens is 368 g/mol. The second-order valence-electron chi connectivity index (χ2n) is 6.53. The van der Waals surface area contributed by atoms with E-state index in [0.29, 0.717) is 18.1 Å². The van der Waals surface area contributed by atoms with Crippen LogP contribution in [-0.4, -0.2) is 31.0 Å². The highest BCUT2D eigenvalue weighted by Gasteiger charge is 2.15. The van der Waals surface area contributed by atoms with Crippen LogP contribution in [0, 0.1) is 13.8 Å². The van der Waals surface area contributed by atoms with Gasteiger partial charge < -0.3 is 9.84 Å². The number of carbonyl (C=O) groups is 1. The summed E-state index contributed by atoms with van der Waals surface area (Å²) in [6.07, 6.45) is 6.71. The molecule has 29 heavy (non-hydrogen) atoms. The van der Waals surface area contributed by atoms with Gasteiger partial charge in [0.2, 0.25) is 5.76 Å². The third-order valence-electron chi connectivity index (χ3n) is 4.29.